The summed E-state index contributed by atoms with van der Waals surface area (Å²) in [6, 6.07) is 13.1. The molecule has 2 rings (SSSR count). The second-order valence-electron chi connectivity index (χ2n) is 6.58. The smallest absolute Gasteiger partial charge is 0.194 e. The summed E-state index contributed by atoms with van der Waals surface area (Å²) in [5.41, 5.74) is 3.17. The second-order valence-corrected chi connectivity index (χ2v) is 8.99. The zero-order valence-corrected chi connectivity index (χ0v) is 14.7. The zero-order valence-electron chi connectivity index (χ0n) is 13.8. The van der Waals surface area contributed by atoms with Crippen molar-refractivity contribution in [3.63, 3.8) is 0 Å². The van der Waals surface area contributed by atoms with E-state index in [4.69, 9.17) is 0 Å². The van der Waals surface area contributed by atoms with Crippen LogP contribution in [-0.2, 0) is 4.57 Å². The average Bonchev–Trinajstić information content (AvgIpc) is 2.45. The van der Waals surface area contributed by atoms with Crippen LogP contribution in [0.4, 0.5) is 0 Å². The first-order valence-corrected chi connectivity index (χ1v) is 8.66. The third-order valence-electron chi connectivity index (χ3n) is 3.68. The van der Waals surface area contributed by atoms with E-state index in [0.717, 1.165) is 11.1 Å². The second kappa shape index (κ2) is 6.14. The minimum Gasteiger partial charge on any atom is -0.289 e. The molecule has 0 bridgehead atoms. The highest BCUT2D eigenvalue weighted by molar-refractivity contribution is 7.55. The Bertz CT molecular complexity index is 719. The van der Waals surface area contributed by atoms with E-state index in [1.165, 1.54) is 0 Å². The monoisotopic (exact) mass is 313 g/mol. The number of rotatable bonds is 3. The van der Waals surface area contributed by atoms with Crippen LogP contribution >= 0.6 is 7.80 Å². The highest BCUT2D eigenvalue weighted by Gasteiger charge is 2.27. The van der Waals surface area contributed by atoms with Gasteiger partial charge in [-0.3, -0.25) is 9.36 Å². The van der Waals surface area contributed by atoms with Crippen molar-refractivity contribution in [3.8, 4) is 0 Å². The molecule has 0 saturated carbocycles. The molecule has 1 unspecified atom stereocenters. The molecule has 115 valence electrons. The lowest BCUT2D eigenvalue weighted by molar-refractivity contribution is 0.103. The maximum Gasteiger partial charge on any atom is 0.194 e. The van der Waals surface area contributed by atoms with Gasteiger partial charge in [0, 0.05) is 21.6 Å². The lowest BCUT2D eigenvalue weighted by Crippen LogP contribution is -2.21. The number of hydrogen-bond acceptors (Lipinski definition) is 2. The summed E-state index contributed by atoms with van der Waals surface area (Å²) in [6.07, 6.45) is 0. The van der Waals surface area contributed by atoms with E-state index in [1.54, 1.807) is 6.07 Å². The third-order valence-corrected chi connectivity index (χ3v) is 5.73. The lowest BCUT2D eigenvalue weighted by atomic mass is 9.95. The van der Waals surface area contributed by atoms with Crippen molar-refractivity contribution in [3.05, 3.63) is 64.7 Å². The molecule has 0 aliphatic rings. The third kappa shape index (κ3) is 3.18. The van der Waals surface area contributed by atoms with E-state index in [1.807, 2.05) is 71.0 Å². The quantitative estimate of drug-likeness (QED) is 0.603. The Balaban J connectivity index is 2.59. The molecule has 1 radical (unpaired) electrons. The molecule has 1 atom stereocenters. The van der Waals surface area contributed by atoms with Crippen LogP contribution in [-0.4, -0.2) is 10.9 Å². The van der Waals surface area contributed by atoms with Crippen LogP contribution in [0.1, 0.15) is 47.8 Å². The van der Waals surface area contributed by atoms with Crippen LogP contribution in [0.2, 0.25) is 0 Å². The summed E-state index contributed by atoms with van der Waals surface area (Å²) in [7, 11) is -1.65. The summed E-state index contributed by atoms with van der Waals surface area (Å²) in [4.78, 5) is 13.0. The summed E-state index contributed by atoms with van der Waals surface area (Å²) in [6.45, 7) is 9.68. The molecular formula is C19H22O2P. The van der Waals surface area contributed by atoms with Gasteiger partial charge in [-0.15, -0.1) is 0 Å². The van der Waals surface area contributed by atoms with Crippen molar-refractivity contribution < 1.29 is 9.36 Å². The maximum absolute atomic E-state index is 13.0. The van der Waals surface area contributed by atoms with Gasteiger partial charge in [-0.2, -0.15) is 0 Å². The molecule has 0 aromatic heterocycles. The van der Waals surface area contributed by atoms with Gasteiger partial charge in [0.25, 0.3) is 0 Å². The normalized spacial score (nSPS) is 12.1. The van der Waals surface area contributed by atoms with Crippen molar-refractivity contribution in [2.75, 3.05) is 0 Å². The fourth-order valence-electron chi connectivity index (χ4n) is 2.51. The predicted octanol–water partition coefficient (Wildman–Crippen LogP) is 4.79. The van der Waals surface area contributed by atoms with Gasteiger partial charge in [0.1, 0.15) is 7.80 Å². The highest BCUT2D eigenvalue weighted by atomic mass is 31.1. The van der Waals surface area contributed by atoms with Gasteiger partial charge in [-0.1, -0.05) is 30.3 Å². The minimum atomic E-state index is -1.65. The van der Waals surface area contributed by atoms with Gasteiger partial charge in [0.2, 0.25) is 0 Å². The zero-order chi connectivity index (χ0) is 16.5. The van der Waals surface area contributed by atoms with Crippen molar-refractivity contribution in [1.29, 1.82) is 0 Å². The number of benzene rings is 2. The molecule has 2 aromatic carbocycles. The van der Waals surface area contributed by atoms with Gasteiger partial charge >= 0.3 is 0 Å². The van der Waals surface area contributed by atoms with Gasteiger partial charge < -0.3 is 0 Å². The Kier molecular flexibility index (Phi) is 4.63. The van der Waals surface area contributed by atoms with E-state index in [0.29, 0.717) is 16.4 Å². The first kappa shape index (κ1) is 16.6. The van der Waals surface area contributed by atoms with Crippen LogP contribution in [0.15, 0.2) is 42.5 Å². The van der Waals surface area contributed by atoms with Crippen molar-refractivity contribution in [2.24, 2.45) is 0 Å². The van der Waals surface area contributed by atoms with Gasteiger partial charge in [0.15, 0.2) is 5.78 Å². The molecule has 0 spiro atoms. The molecule has 0 fully saturated rings. The summed E-state index contributed by atoms with van der Waals surface area (Å²) in [5, 5.41) is 0.282. The first-order chi connectivity index (χ1) is 10.2. The molecule has 0 heterocycles. The first-order valence-electron chi connectivity index (χ1n) is 7.41. The largest absolute Gasteiger partial charge is 0.289 e. The molecule has 22 heavy (non-hydrogen) atoms. The summed E-state index contributed by atoms with van der Waals surface area (Å²) >= 11 is 0. The number of ketones is 1. The summed E-state index contributed by atoms with van der Waals surface area (Å²) < 4.78 is 12.8. The van der Waals surface area contributed by atoms with Crippen molar-refractivity contribution >= 4 is 18.9 Å². The van der Waals surface area contributed by atoms with E-state index in [2.05, 4.69) is 0 Å². The molecule has 2 aromatic rings. The maximum atomic E-state index is 13.0. The van der Waals surface area contributed by atoms with E-state index < -0.39 is 7.80 Å². The average molecular weight is 313 g/mol. The van der Waals surface area contributed by atoms with Crippen LogP contribution in [0.25, 0.3) is 0 Å². The van der Waals surface area contributed by atoms with E-state index in [9.17, 15) is 9.36 Å². The molecule has 0 aliphatic heterocycles. The fourth-order valence-corrected chi connectivity index (χ4v) is 3.85. The molecule has 0 aliphatic carbocycles. The number of carbonyl (C=O) groups is 1. The minimum absolute atomic E-state index is 0.0428. The molecule has 0 N–H and O–H groups in total. The van der Waals surface area contributed by atoms with Crippen LogP contribution in [0.5, 0.6) is 0 Å². The molecular weight excluding hydrogens is 291 g/mol. The Morgan fingerprint density at radius 1 is 0.909 bits per heavy atom. The topological polar surface area (TPSA) is 34.1 Å². The van der Waals surface area contributed by atoms with Crippen LogP contribution < -0.4 is 5.30 Å². The summed E-state index contributed by atoms with van der Waals surface area (Å²) in [5.74, 6) is -0.0428. The predicted molar refractivity (Wildman–Crippen MR) is 92.8 cm³/mol. The fraction of sp³-hybridized carbons (Fsp3) is 0.316. The van der Waals surface area contributed by atoms with Gasteiger partial charge in [-0.25, -0.2) is 0 Å². The SMILES string of the molecule is Cc1cccc(C)c1C(=O)c1ccccc1[P](=O)C(C)(C)C. The van der Waals surface area contributed by atoms with Crippen molar-refractivity contribution in [1.82, 2.24) is 0 Å². The van der Waals surface area contributed by atoms with Gasteiger partial charge in [0.05, 0.1) is 0 Å². The lowest BCUT2D eigenvalue weighted by Gasteiger charge is -2.19. The van der Waals surface area contributed by atoms with E-state index in [-0.39, 0.29) is 10.9 Å². The molecule has 2 nitrogen and oxygen atoms in total. The number of aryl methyl sites for hydroxylation is 2. The molecule has 3 heteroatoms. The van der Waals surface area contributed by atoms with Gasteiger partial charge in [-0.05, 0) is 57.9 Å². The number of hydrogen-bond donors (Lipinski definition) is 0. The Labute approximate surface area is 133 Å². The van der Waals surface area contributed by atoms with E-state index >= 15 is 0 Å². The Morgan fingerprint density at radius 3 is 2.00 bits per heavy atom. The number of carbonyl (C=O) groups excluding carboxylic acids is 1. The highest BCUT2D eigenvalue weighted by Crippen LogP contribution is 2.38. The Hall–Kier alpha value is -1.79. The standard InChI is InChI=1S/C19H22O2P/c1-13-9-8-10-14(2)17(13)18(20)15-11-6-7-12-16(15)22(21)19(3,4)5/h6-12H,1-5H3. The molecule has 0 saturated heterocycles. The van der Waals surface area contributed by atoms with Crippen LogP contribution in [0, 0.1) is 13.8 Å². The Morgan fingerprint density at radius 2 is 1.45 bits per heavy atom. The molecule has 0 amide bonds. The van der Waals surface area contributed by atoms with Crippen molar-refractivity contribution in [2.45, 2.75) is 39.8 Å². The van der Waals surface area contributed by atoms with Crippen LogP contribution in [0.3, 0.4) is 0 Å².